The van der Waals surface area contributed by atoms with Gasteiger partial charge in [-0.3, -0.25) is 9.69 Å². The predicted octanol–water partition coefficient (Wildman–Crippen LogP) is 8.73. The highest BCUT2D eigenvalue weighted by Gasteiger charge is 2.35. The van der Waals surface area contributed by atoms with Gasteiger partial charge in [-0.15, -0.1) is 0 Å². The van der Waals surface area contributed by atoms with Gasteiger partial charge in [-0.05, 0) is 127 Å². The van der Waals surface area contributed by atoms with Crippen molar-refractivity contribution in [3.05, 3.63) is 122 Å². The van der Waals surface area contributed by atoms with Crippen molar-refractivity contribution in [2.45, 2.75) is 78.0 Å². The minimum Gasteiger partial charge on any atom is -0.489 e. The van der Waals surface area contributed by atoms with Crippen molar-refractivity contribution in [3.63, 3.8) is 0 Å². The van der Waals surface area contributed by atoms with E-state index in [1.807, 2.05) is 35.2 Å². The van der Waals surface area contributed by atoms with Crippen LogP contribution in [0, 0.1) is 24.2 Å². The second-order valence-electron chi connectivity index (χ2n) is 13.1. The average Bonchev–Trinajstić information content (AvgIpc) is 3.44. The molecule has 0 bridgehead atoms. The standard InChI is InChI=1S/C40H41ClN2O3/c1-26-17-38(40(44)45)43(23-26)24-35-20-37(41)34(21-39(35)46-25-29-8-5-7-28(18-29)22-42)16-13-30-11-6-12-36(27(30)2)33-15-14-31-9-3-4-10-32(31)19-33/h5-8,11-12,14-15,18-21,26,38H,3-4,9-10,13,16-17,23-25H2,1-2H3,(H,44,45)/t26-,38-/m1/s1. The van der Waals surface area contributed by atoms with E-state index in [1.165, 1.54) is 52.6 Å². The maximum absolute atomic E-state index is 12.0. The summed E-state index contributed by atoms with van der Waals surface area (Å²) in [7, 11) is 0. The summed E-state index contributed by atoms with van der Waals surface area (Å²) in [6.07, 6.45) is 7.10. The molecule has 1 saturated heterocycles. The van der Waals surface area contributed by atoms with E-state index in [0.717, 1.165) is 36.0 Å². The minimum absolute atomic E-state index is 0.296. The second kappa shape index (κ2) is 14.1. The lowest BCUT2D eigenvalue weighted by Crippen LogP contribution is -2.35. The number of nitrogens with zero attached hydrogens (tertiary/aromatic N) is 2. The Balaban J connectivity index is 1.25. The van der Waals surface area contributed by atoms with Crippen LogP contribution in [0.1, 0.15) is 70.7 Å². The van der Waals surface area contributed by atoms with Gasteiger partial charge in [0, 0.05) is 23.7 Å². The molecule has 236 valence electrons. The topological polar surface area (TPSA) is 73.6 Å². The molecule has 6 heteroatoms. The molecule has 0 unspecified atom stereocenters. The van der Waals surface area contributed by atoms with E-state index in [1.54, 1.807) is 6.07 Å². The fraction of sp³-hybridized carbons (Fsp3) is 0.350. The highest BCUT2D eigenvalue weighted by atomic mass is 35.5. The van der Waals surface area contributed by atoms with Gasteiger partial charge < -0.3 is 9.84 Å². The summed E-state index contributed by atoms with van der Waals surface area (Å²) in [6.45, 7) is 5.75. The first-order valence-corrected chi connectivity index (χ1v) is 16.8. The van der Waals surface area contributed by atoms with Crippen molar-refractivity contribution in [1.29, 1.82) is 5.26 Å². The fourth-order valence-electron chi connectivity index (χ4n) is 7.20. The van der Waals surface area contributed by atoms with E-state index in [9.17, 15) is 15.2 Å². The van der Waals surface area contributed by atoms with Crippen LogP contribution in [0.15, 0.2) is 72.8 Å². The maximum atomic E-state index is 12.0. The van der Waals surface area contributed by atoms with Crippen molar-refractivity contribution in [2.75, 3.05) is 6.54 Å². The Morgan fingerprint density at radius 1 is 0.978 bits per heavy atom. The molecule has 46 heavy (non-hydrogen) atoms. The molecule has 1 aliphatic carbocycles. The first kappa shape index (κ1) is 31.9. The number of nitriles is 1. The number of aliphatic carboxylic acids is 1. The molecule has 1 fully saturated rings. The third-order valence-electron chi connectivity index (χ3n) is 9.72. The van der Waals surface area contributed by atoms with E-state index in [0.29, 0.717) is 48.4 Å². The number of hydrogen-bond acceptors (Lipinski definition) is 4. The van der Waals surface area contributed by atoms with Crippen molar-refractivity contribution in [1.82, 2.24) is 4.90 Å². The first-order chi connectivity index (χ1) is 22.3. The lowest BCUT2D eigenvalue weighted by Gasteiger charge is -2.23. The number of carboxylic acid groups (broad SMARTS) is 1. The van der Waals surface area contributed by atoms with Gasteiger partial charge in [-0.25, -0.2) is 0 Å². The molecule has 1 aliphatic heterocycles. The number of fused-ring (bicyclic) bond motifs is 1. The molecule has 5 nitrogen and oxygen atoms in total. The number of aryl methyl sites for hydroxylation is 4. The van der Waals surface area contributed by atoms with Gasteiger partial charge in [-0.1, -0.05) is 67.1 Å². The summed E-state index contributed by atoms with van der Waals surface area (Å²) in [5.41, 5.74) is 11.5. The zero-order chi connectivity index (χ0) is 32.2. The average molecular weight is 633 g/mol. The molecule has 0 amide bonds. The van der Waals surface area contributed by atoms with E-state index < -0.39 is 12.0 Å². The number of halogens is 1. The molecule has 0 spiro atoms. The molecule has 1 heterocycles. The van der Waals surface area contributed by atoms with Crippen LogP contribution in [0.4, 0.5) is 0 Å². The SMILES string of the molecule is Cc1c(CCc2cc(OCc3cccc(C#N)c3)c(CN3C[C@H](C)C[C@@H]3C(=O)O)cc2Cl)cccc1-c1ccc2c(c1)CCCC2. The zero-order valence-corrected chi connectivity index (χ0v) is 27.4. The van der Waals surface area contributed by atoms with Crippen LogP contribution in [0.3, 0.4) is 0 Å². The Labute approximate surface area is 277 Å². The van der Waals surface area contributed by atoms with Gasteiger partial charge in [-0.2, -0.15) is 5.26 Å². The Bertz CT molecular complexity index is 1790. The van der Waals surface area contributed by atoms with Gasteiger partial charge in [0.1, 0.15) is 18.4 Å². The molecule has 1 N–H and O–H groups in total. The highest BCUT2D eigenvalue weighted by Crippen LogP contribution is 2.35. The molecular formula is C40H41ClN2O3. The largest absolute Gasteiger partial charge is 0.489 e. The maximum Gasteiger partial charge on any atom is 0.320 e. The molecule has 4 aromatic rings. The van der Waals surface area contributed by atoms with Crippen LogP contribution < -0.4 is 4.74 Å². The Kier molecular flexibility index (Phi) is 9.78. The lowest BCUT2D eigenvalue weighted by molar-refractivity contribution is -0.142. The number of hydrogen-bond donors (Lipinski definition) is 1. The van der Waals surface area contributed by atoms with Crippen molar-refractivity contribution in [2.24, 2.45) is 5.92 Å². The molecule has 0 aromatic heterocycles. The third-order valence-corrected chi connectivity index (χ3v) is 10.1. The molecule has 0 saturated carbocycles. The number of rotatable bonds is 10. The zero-order valence-electron chi connectivity index (χ0n) is 26.7. The summed E-state index contributed by atoms with van der Waals surface area (Å²) in [5, 5.41) is 19.9. The second-order valence-corrected chi connectivity index (χ2v) is 13.5. The van der Waals surface area contributed by atoms with Gasteiger partial charge in [0.05, 0.1) is 11.6 Å². The van der Waals surface area contributed by atoms with Gasteiger partial charge in [0.2, 0.25) is 0 Å². The Morgan fingerprint density at radius 2 is 1.76 bits per heavy atom. The number of carboxylic acids is 1. The van der Waals surface area contributed by atoms with Crippen molar-refractivity contribution in [3.8, 4) is 22.9 Å². The van der Waals surface area contributed by atoms with Crippen LogP contribution in [0.2, 0.25) is 5.02 Å². The van der Waals surface area contributed by atoms with E-state index in [-0.39, 0.29) is 0 Å². The molecule has 2 aliphatic rings. The first-order valence-electron chi connectivity index (χ1n) is 16.4. The minimum atomic E-state index is -0.796. The number of benzene rings is 4. The predicted molar refractivity (Wildman–Crippen MR) is 183 cm³/mol. The lowest BCUT2D eigenvalue weighted by atomic mass is 9.87. The summed E-state index contributed by atoms with van der Waals surface area (Å²) in [5.74, 6) is 0.204. The summed E-state index contributed by atoms with van der Waals surface area (Å²) in [6, 6.07) is 26.6. The molecule has 2 atom stereocenters. The number of likely N-dealkylation sites (tertiary alicyclic amines) is 1. The Morgan fingerprint density at radius 3 is 2.57 bits per heavy atom. The highest BCUT2D eigenvalue weighted by molar-refractivity contribution is 6.31. The molecule has 6 rings (SSSR count). The quantitative estimate of drug-likeness (QED) is 0.189. The third kappa shape index (κ3) is 7.15. The van der Waals surface area contributed by atoms with Gasteiger partial charge >= 0.3 is 5.97 Å². The van der Waals surface area contributed by atoms with Crippen molar-refractivity contribution >= 4 is 17.6 Å². The molecule has 4 aromatic carbocycles. The number of carbonyl (C=O) groups is 1. The van der Waals surface area contributed by atoms with Crippen LogP contribution >= 0.6 is 11.6 Å². The summed E-state index contributed by atoms with van der Waals surface area (Å²) >= 11 is 6.95. The van der Waals surface area contributed by atoms with E-state index in [2.05, 4.69) is 56.3 Å². The number of ether oxygens (including phenoxy) is 1. The normalized spacial score (nSPS) is 17.8. The summed E-state index contributed by atoms with van der Waals surface area (Å²) < 4.78 is 6.41. The van der Waals surface area contributed by atoms with Gasteiger partial charge in [0.25, 0.3) is 0 Å². The van der Waals surface area contributed by atoms with Gasteiger partial charge in [0.15, 0.2) is 0 Å². The smallest absolute Gasteiger partial charge is 0.320 e. The van der Waals surface area contributed by atoms with Crippen LogP contribution in [-0.2, 0) is 43.6 Å². The van der Waals surface area contributed by atoms with E-state index >= 15 is 0 Å². The monoisotopic (exact) mass is 632 g/mol. The van der Waals surface area contributed by atoms with Crippen LogP contribution in [0.25, 0.3) is 11.1 Å². The molecular weight excluding hydrogens is 592 g/mol. The summed E-state index contributed by atoms with van der Waals surface area (Å²) in [4.78, 5) is 14.0. The van der Waals surface area contributed by atoms with Crippen LogP contribution in [-0.4, -0.2) is 28.6 Å². The van der Waals surface area contributed by atoms with E-state index in [4.69, 9.17) is 16.3 Å². The molecule has 0 radical (unpaired) electrons. The van der Waals surface area contributed by atoms with Crippen molar-refractivity contribution < 1.29 is 14.6 Å². The Hall–Kier alpha value is -4.11. The fourth-order valence-corrected chi connectivity index (χ4v) is 7.48. The van der Waals surface area contributed by atoms with Crippen LogP contribution in [0.5, 0.6) is 5.75 Å².